The van der Waals surface area contributed by atoms with E-state index < -0.39 is 0 Å². The summed E-state index contributed by atoms with van der Waals surface area (Å²) in [5.74, 6) is 1.78. The molecular formula is C16H30N4O. The van der Waals surface area contributed by atoms with Crippen LogP contribution in [0, 0.1) is 5.92 Å². The van der Waals surface area contributed by atoms with Gasteiger partial charge >= 0.3 is 0 Å². The lowest BCUT2D eigenvalue weighted by Gasteiger charge is -2.27. The van der Waals surface area contributed by atoms with Crippen molar-refractivity contribution in [3.05, 3.63) is 12.1 Å². The van der Waals surface area contributed by atoms with Crippen molar-refractivity contribution in [3.63, 3.8) is 0 Å². The number of nitrogens with two attached hydrogens (primary N) is 1. The van der Waals surface area contributed by atoms with E-state index in [9.17, 15) is 0 Å². The van der Waals surface area contributed by atoms with E-state index in [1.54, 1.807) is 0 Å². The summed E-state index contributed by atoms with van der Waals surface area (Å²) in [7, 11) is 4.14. The van der Waals surface area contributed by atoms with E-state index in [4.69, 9.17) is 10.5 Å². The normalized spacial score (nSPS) is 13.6. The van der Waals surface area contributed by atoms with E-state index in [1.807, 2.05) is 32.9 Å². The van der Waals surface area contributed by atoms with Gasteiger partial charge in [-0.3, -0.25) is 0 Å². The van der Waals surface area contributed by atoms with Crippen LogP contribution in [0.1, 0.15) is 34.6 Å². The van der Waals surface area contributed by atoms with Gasteiger partial charge in [0.25, 0.3) is 0 Å². The number of aromatic nitrogens is 1. The standard InChI is InChI=1S/C16H30N4O/c1-11(2)13(10-20(6)7)18-14-9-8-12(17)15(19-14)21-16(3,4)5/h8-9,11,13H,10,17H2,1-7H3,(H,18,19). The monoisotopic (exact) mass is 294 g/mol. The van der Waals surface area contributed by atoms with Crippen LogP contribution in [0.25, 0.3) is 0 Å². The molecule has 0 amide bonds. The quantitative estimate of drug-likeness (QED) is 0.844. The maximum Gasteiger partial charge on any atom is 0.239 e. The molecule has 0 bridgehead atoms. The zero-order chi connectivity index (χ0) is 16.2. The van der Waals surface area contributed by atoms with Crippen molar-refractivity contribution < 1.29 is 4.74 Å². The Hall–Kier alpha value is -1.49. The number of hydrogen-bond acceptors (Lipinski definition) is 5. The second kappa shape index (κ2) is 6.98. The summed E-state index contributed by atoms with van der Waals surface area (Å²) in [6, 6.07) is 4.05. The summed E-state index contributed by atoms with van der Waals surface area (Å²) in [5.41, 5.74) is 6.19. The lowest BCUT2D eigenvalue weighted by Crippen LogP contribution is -2.36. The molecule has 5 nitrogen and oxygen atoms in total. The van der Waals surface area contributed by atoms with Gasteiger partial charge in [-0.25, -0.2) is 0 Å². The molecule has 21 heavy (non-hydrogen) atoms. The first-order valence-electron chi connectivity index (χ1n) is 7.45. The van der Waals surface area contributed by atoms with Crippen LogP contribution < -0.4 is 15.8 Å². The number of likely N-dealkylation sites (N-methyl/N-ethyl adjacent to an activating group) is 1. The molecule has 0 aliphatic rings. The number of ether oxygens (including phenoxy) is 1. The Balaban J connectivity index is 2.90. The SMILES string of the molecule is CC(C)C(CN(C)C)Nc1ccc(N)c(OC(C)(C)C)n1. The topological polar surface area (TPSA) is 63.4 Å². The van der Waals surface area contributed by atoms with Gasteiger partial charge in [0.15, 0.2) is 0 Å². The van der Waals surface area contributed by atoms with Crippen molar-refractivity contribution in [1.82, 2.24) is 9.88 Å². The smallest absolute Gasteiger partial charge is 0.239 e. The van der Waals surface area contributed by atoms with Gasteiger partial charge in [-0.15, -0.1) is 0 Å². The van der Waals surface area contributed by atoms with Crippen molar-refractivity contribution in [2.24, 2.45) is 5.92 Å². The highest BCUT2D eigenvalue weighted by Crippen LogP contribution is 2.25. The van der Waals surface area contributed by atoms with Gasteiger partial charge in [-0.05, 0) is 52.9 Å². The van der Waals surface area contributed by atoms with E-state index in [2.05, 4.69) is 43.1 Å². The molecule has 0 fully saturated rings. The molecule has 0 spiro atoms. The maximum absolute atomic E-state index is 5.94. The summed E-state index contributed by atoms with van der Waals surface area (Å²) >= 11 is 0. The molecule has 1 unspecified atom stereocenters. The summed E-state index contributed by atoms with van der Waals surface area (Å²) in [4.78, 5) is 6.68. The Morgan fingerprint density at radius 2 is 1.90 bits per heavy atom. The third kappa shape index (κ3) is 6.21. The summed E-state index contributed by atoms with van der Waals surface area (Å²) in [5, 5.41) is 3.47. The Morgan fingerprint density at radius 3 is 2.38 bits per heavy atom. The highest BCUT2D eigenvalue weighted by atomic mass is 16.5. The number of hydrogen-bond donors (Lipinski definition) is 2. The lowest BCUT2D eigenvalue weighted by atomic mass is 10.0. The third-order valence-electron chi connectivity index (χ3n) is 2.99. The molecule has 0 aliphatic carbocycles. The van der Waals surface area contributed by atoms with E-state index in [0.29, 0.717) is 23.5 Å². The molecule has 1 aromatic heterocycles. The molecule has 120 valence electrons. The zero-order valence-corrected chi connectivity index (χ0v) is 14.4. The molecule has 0 aromatic carbocycles. The van der Waals surface area contributed by atoms with E-state index in [0.717, 1.165) is 12.4 Å². The molecule has 1 rings (SSSR count). The minimum absolute atomic E-state index is 0.318. The fourth-order valence-electron chi connectivity index (χ4n) is 1.91. The lowest BCUT2D eigenvalue weighted by molar-refractivity contribution is 0.125. The van der Waals surface area contributed by atoms with Crippen molar-refractivity contribution in [2.45, 2.75) is 46.3 Å². The van der Waals surface area contributed by atoms with Crippen LogP contribution >= 0.6 is 0 Å². The van der Waals surface area contributed by atoms with Crippen molar-refractivity contribution >= 4 is 11.5 Å². The molecule has 0 radical (unpaired) electrons. The summed E-state index contributed by atoms with van der Waals surface area (Å²) < 4.78 is 5.81. The summed E-state index contributed by atoms with van der Waals surface area (Å²) in [6.45, 7) is 11.3. The third-order valence-corrected chi connectivity index (χ3v) is 2.99. The zero-order valence-electron chi connectivity index (χ0n) is 14.4. The van der Waals surface area contributed by atoms with Gasteiger partial charge in [0.1, 0.15) is 11.4 Å². The van der Waals surface area contributed by atoms with Gasteiger partial charge < -0.3 is 20.7 Å². The van der Waals surface area contributed by atoms with Gasteiger partial charge in [-0.1, -0.05) is 13.8 Å². The number of pyridine rings is 1. The number of rotatable bonds is 6. The minimum atomic E-state index is -0.319. The van der Waals surface area contributed by atoms with Crippen LogP contribution in [0.2, 0.25) is 0 Å². The predicted octanol–water partition coefficient (Wildman–Crippen LogP) is 2.84. The van der Waals surface area contributed by atoms with E-state index in [-0.39, 0.29) is 5.60 Å². The molecular weight excluding hydrogens is 264 g/mol. The van der Waals surface area contributed by atoms with Crippen LogP contribution in [-0.2, 0) is 0 Å². The number of nitrogens with zero attached hydrogens (tertiary/aromatic N) is 2. The molecule has 3 N–H and O–H groups in total. The molecule has 0 aliphatic heterocycles. The summed E-state index contributed by atoms with van der Waals surface area (Å²) in [6.07, 6.45) is 0. The number of nitrogen functional groups attached to an aromatic ring is 1. The van der Waals surface area contributed by atoms with E-state index >= 15 is 0 Å². The van der Waals surface area contributed by atoms with Crippen molar-refractivity contribution in [1.29, 1.82) is 0 Å². The van der Waals surface area contributed by atoms with Crippen LogP contribution in [0.4, 0.5) is 11.5 Å². The van der Waals surface area contributed by atoms with Crippen molar-refractivity contribution in [3.8, 4) is 5.88 Å². The fraction of sp³-hybridized carbons (Fsp3) is 0.688. The minimum Gasteiger partial charge on any atom is -0.470 e. The molecule has 0 saturated heterocycles. The molecule has 1 heterocycles. The first kappa shape index (κ1) is 17.6. The van der Waals surface area contributed by atoms with Gasteiger partial charge in [0, 0.05) is 12.6 Å². The fourth-order valence-corrected chi connectivity index (χ4v) is 1.91. The average molecular weight is 294 g/mol. The molecule has 5 heteroatoms. The average Bonchev–Trinajstić information content (AvgIpc) is 2.30. The van der Waals surface area contributed by atoms with Crippen molar-refractivity contribution in [2.75, 3.05) is 31.7 Å². The Kier molecular flexibility index (Phi) is 5.84. The van der Waals surface area contributed by atoms with Crippen LogP contribution in [-0.4, -0.2) is 42.2 Å². The highest BCUT2D eigenvalue weighted by Gasteiger charge is 2.18. The second-order valence-corrected chi connectivity index (χ2v) is 7.06. The Bertz CT molecular complexity index is 452. The largest absolute Gasteiger partial charge is 0.470 e. The highest BCUT2D eigenvalue weighted by molar-refractivity contribution is 5.54. The Morgan fingerprint density at radius 1 is 1.29 bits per heavy atom. The molecule has 1 aromatic rings. The van der Waals surface area contributed by atoms with Gasteiger partial charge in [0.05, 0.1) is 5.69 Å². The number of nitrogens with one attached hydrogen (secondary N) is 1. The Labute approximate surface area is 128 Å². The van der Waals surface area contributed by atoms with Gasteiger partial charge in [0.2, 0.25) is 5.88 Å². The predicted molar refractivity (Wildman–Crippen MR) is 89.8 cm³/mol. The molecule has 1 atom stereocenters. The van der Waals surface area contributed by atoms with Crippen LogP contribution in [0.5, 0.6) is 5.88 Å². The van der Waals surface area contributed by atoms with Crippen LogP contribution in [0.3, 0.4) is 0 Å². The van der Waals surface area contributed by atoms with Gasteiger partial charge in [-0.2, -0.15) is 4.98 Å². The first-order chi connectivity index (χ1) is 9.58. The number of anilines is 2. The maximum atomic E-state index is 5.94. The van der Waals surface area contributed by atoms with E-state index in [1.165, 1.54) is 0 Å². The molecule has 0 saturated carbocycles. The first-order valence-corrected chi connectivity index (χ1v) is 7.45. The van der Waals surface area contributed by atoms with Crippen LogP contribution in [0.15, 0.2) is 12.1 Å². The second-order valence-electron chi connectivity index (χ2n) is 7.06.